The molecule has 2 aliphatic heterocycles. The second kappa shape index (κ2) is 7.67. The third-order valence-corrected chi connectivity index (χ3v) is 3.79. The van der Waals surface area contributed by atoms with Crippen LogP contribution in [0.4, 0.5) is 5.69 Å². The van der Waals surface area contributed by atoms with Gasteiger partial charge in [-0.15, -0.1) is 12.4 Å². The summed E-state index contributed by atoms with van der Waals surface area (Å²) in [6.07, 6.45) is 6.20. The molecule has 3 heterocycles. The number of rotatable bonds is 4. The molecule has 0 radical (unpaired) electrons. The van der Waals surface area contributed by atoms with E-state index in [0.29, 0.717) is 6.04 Å². The number of pyridine rings is 1. The molecular formula is C14H23ClN4O. The average Bonchev–Trinajstić information content (AvgIpc) is 3.00. The van der Waals surface area contributed by atoms with E-state index in [9.17, 15) is 0 Å². The fourth-order valence-electron chi connectivity index (χ4n) is 2.68. The summed E-state index contributed by atoms with van der Waals surface area (Å²) in [7, 11) is 0. The van der Waals surface area contributed by atoms with Gasteiger partial charge in [0.15, 0.2) is 0 Å². The Morgan fingerprint density at radius 1 is 1.25 bits per heavy atom. The lowest BCUT2D eigenvalue weighted by Gasteiger charge is -2.29. The lowest BCUT2D eigenvalue weighted by molar-refractivity contribution is 0.276. The highest BCUT2D eigenvalue weighted by molar-refractivity contribution is 5.85. The van der Waals surface area contributed by atoms with Gasteiger partial charge in [0.1, 0.15) is 12.4 Å². The highest BCUT2D eigenvalue weighted by atomic mass is 35.5. The Morgan fingerprint density at radius 2 is 2.10 bits per heavy atom. The van der Waals surface area contributed by atoms with E-state index in [1.54, 1.807) is 6.20 Å². The third kappa shape index (κ3) is 3.98. The lowest BCUT2D eigenvalue weighted by Crippen LogP contribution is -2.43. The molecule has 0 unspecified atom stereocenters. The van der Waals surface area contributed by atoms with Crippen molar-refractivity contribution >= 4 is 18.1 Å². The van der Waals surface area contributed by atoms with E-state index in [0.717, 1.165) is 45.1 Å². The van der Waals surface area contributed by atoms with Gasteiger partial charge < -0.3 is 20.3 Å². The minimum atomic E-state index is 0. The van der Waals surface area contributed by atoms with Crippen molar-refractivity contribution in [1.29, 1.82) is 0 Å². The first-order chi connectivity index (χ1) is 9.42. The summed E-state index contributed by atoms with van der Waals surface area (Å²) in [5.41, 5.74) is 1.17. The zero-order valence-electron chi connectivity index (χ0n) is 11.7. The minimum absolute atomic E-state index is 0. The molecule has 2 aliphatic rings. The van der Waals surface area contributed by atoms with E-state index < -0.39 is 0 Å². The zero-order chi connectivity index (χ0) is 12.9. The molecule has 20 heavy (non-hydrogen) atoms. The molecule has 0 aromatic carbocycles. The molecule has 2 N–H and O–H groups in total. The first kappa shape index (κ1) is 15.4. The van der Waals surface area contributed by atoms with Crippen LogP contribution in [0.5, 0.6) is 5.75 Å². The summed E-state index contributed by atoms with van der Waals surface area (Å²) in [4.78, 5) is 6.65. The SMILES string of the molecule is Cl.c1ncc(N2CCNCC2)cc1OC[C@@H]1CCCN1. The molecular weight excluding hydrogens is 276 g/mol. The summed E-state index contributed by atoms with van der Waals surface area (Å²) >= 11 is 0. The number of nitrogens with one attached hydrogen (secondary N) is 2. The van der Waals surface area contributed by atoms with Crippen LogP contribution in [0, 0.1) is 0 Å². The number of aromatic nitrogens is 1. The van der Waals surface area contributed by atoms with Crippen molar-refractivity contribution in [2.45, 2.75) is 18.9 Å². The average molecular weight is 299 g/mol. The standard InChI is InChI=1S/C14H22N4O.ClH/c1-2-12(17-3-1)11-19-14-8-13(9-16-10-14)18-6-4-15-5-7-18;/h8-10,12,15,17H,1-7,11H2;1H/t12-;/m0./s1. The summed E-state index contributed by atoms with van der Waals surface area (Å²) in [6.45, 7) is 6.01. The Hall–Kier alpha value is -1.04. The van der Waals surface area contributed by atoms with Crippen molar-refractivity contribution in [3.63, 3.8) is 0 Å². The van der Waals surface area contributed by atoms with Crippen molar-refractivity contribution < 1.29 is 4.74 Å². The van der Waals surface area contributed by atoms with E-state index in [4.69, 9.17) is 4.74 Å². The van der Waals surface area contributed by atoms with Crippen molar-refractivity contribution in [2.24, 2.45) is 0 Å². The monoisotopic (exact) mass is 298 g/mol. The molecule has 6 heteroatoms. The van der Waals surface area contributed by atoms with Crippen LogP contribution >= 0.6 is 12.4 Å². The second-order valence-electron chi connectivity index (χ2n) is 5.22. The molecule has 0 spiro atoms. The molecule has 3 rings (SSSR count). The molecule has 1 aromatic rings. The second-order valence-corrected chi connectivity index (χ2v) is 5.22. The molecule has 5 nitrogen and oxygen atoms in total. The Kier molecular flexibility index (Phi) is 5.88. The van der Waals surface area contributed by atoms with Crippen molar-refractivity contribution in [1.82, 2.24) is 15.6 Å². The fourth-order valence-corrected chi connectivity index (χ4v) is 2.68. The van der Waals surface area contributed by atoms with Gasteiger partial charge in [0.05, 0.1) is 18.1 Å². The van der Waals surface area contributed by atoms with Gasteiger partial charge >= 0.3 is 0 Å². The Labute approximate surface area is 126 Å². The smallest absolute Gasteiger partial charge is 0.139 e. The van der Waals surface area contributed by atoms with Gasteiger partial charge in [-0.05, 0) is 19.4 Å². The first-order valence-electron chi connectivity index (χ1n) is 7.19. The van der Waals surface area contributed by atoms with Crippen molar-refractivity contribution in [3.05, 3.63) is 18.5 Å². The Bertz CT molecular complexity index is 406. The van der Waals surface area contributed by atoms with Crippen LogP contribution in [0.15, 0.2) is 18.5 Å². The maximum Gasteiger partial charge on any atom is 0.139 e. The van der Waals surface area contributed by atoms with E-state index in [2.05, 4.69) is 26.6 Å². The van der Waals surface area contributed by atoms with E-state index in [-0.39, 0.29) is 12.4 Å². The Morgan fingerprint density at radius 3 is 2.85 bits per heavy atom. The van der Waals surface area contributed by atoms with Crippen LogP contribution in [0.25, 0.3) is 0 Å². The predicted molar refractivity (Wildman–Crippen MR) is 83.1 cm³/mol. The topological polar surface area (TPSA) is 49.4 Å². The van der Waals surface area contributed by atoms with Gasteiger partial charge in [0, 0.05) is 38.3 Å². The fraction of sp³-hybridized carbons (Fsp3) is 0.643. The van der Waals surface area contributed by atoms with E-state index >= 15 is 0 Å². The number of ether oxygens (including phenoxy) is 1. The van der Waals surface area contributed by atoms with Crippen LogP contribution in [0.1, 0.15) is 12.8 Å². The first-order valence-corrected chi connectivity index (χ1v) is 7.19. The molecule has 1 atom stereocenters. The predicted octanol–water partition coefficient (Wildman–Crippen LogP) is 1.04. The van der Waals surface area contributed by atoms with Gasteiger partial charge in [0.2, 0.25) is 0 Å². The van der Waals surface area contributed by atoms with Crippen LogP contribution in [-0.2, 0) is 0 Å². The van der Waals surface area contributed by atoms with Gasteiger partial charge in [-0.25, -0.2) is 0 Å². The van der Waals surface area contributed by atoms with Gasteiger partial charge in [-0.2, -0.15) is 0 Å². The number of hydrogen-bond donors (Lipinski definition) is 2. The third-order valence-electron chi connectivity index (χ3n) is 3.79. The zero-order valence-corrected chi connectivity index (χ0v) is 12.5. The highest BCUT2D eigenvalue weighted by Crippen LogP contribution is 2.20. The molecule has 2 fully saturated rings. The van der Waals surface area contributed by atoms with Crippen LogP contribution in [0.3, 0.4) is 0 Å². The van der Waals surface area contributed by atoms with Crippen LogP contribution in [0.2, 0.25) is 0 Å². The van der Waals surface area contributed by atoms with Crippen LogP contribution in [-0.4, -0.2) is 50.4 Å². The van der Waals surface area contributed by atoms with Crippen LogP contribution < -0.4 is 20.3 Å². The number of nitrogens with zero attached hydrogens (tertiary/aromatic N) is 2. The van der Waals surface area contributed by atoms with Gasteiger partial charge in [-0.3, -0.25) is 4.98 Å². The molecule has 0 saturated carbocycles. The maximum absolute atomic E-state index is 5.85. The normalized spacial score (nSPS) is 22.4. The molecule has 0 amide bonds. The maximum atomic E-state index is 5.85. The molecule has 2 saturated heterocycles. The van der Waals surface area contributed by atoms with Crippen molar-refractivity contribution in [3.8, 4) is 5.75 Å². The lowest BCUT2D eigenvalue weighted by atomic mass is 10.2. The number of piperazine rings is 1. The summed E-state index contributed by atoms with van der Waals surface area (Å²) in [5, 5.41) is 6.80. The molecule has 112 valence electrons. The summed E-state index contributed by atoms with van der Waals surface area (Å²) < 4.78 is 5.85. The highest BCUT2D eigenvalue weighted by Gasteiger charge is 2.15. The number of anilines is 1. The molecule has 1 aromatic heterocycles. The summed E-state index contributed by atoms with van der Waals surface area (Å²) in [5.74, 6) is 0.879. The number of hydrogen-bond acceptors (Lipinski definition) is 5. The minimum Gasteiger partial charge on any atom is -0.490 e. The van der Waals surface area contributed by atoms with Crippen molar-refractivity contribution in [2.75, 3.05) is 44.2 Å². The van der Waals surface area contributed by atoms with Gasteiger partial charge in [-0.1, -0.05) is 0 Å². The molecule has 0 bridgehead atoms. The summed E-state index contributed by atoms with van der Waals surface area (Å²) in [6, 6.07) is 2.61. The molecule has 0 aliphatic carbocycles. The van der Waals surface area contributed by atoms with E-state index in [1.807, 2.05) is 6.20 Å². The quantitative estimate of drug-likeness (QED) is 0.870. The largest absolute Gasteiger partial charge is 0.490 e. The number of halogens is 1. The van der Waals surface area contributed by atoms with Gasteiger partial charge in [0.25, 0.3) is 0 Å². The Balaban J connectivity index is 0.00000147. The van der Waals surface area contributed by atoms with E-state index in [1.165, 1.54) is 18.5 Å².